The van der Waals surface area contributed by atoms with Gasteiger partial charge in [-0.2, -0.15) is 5.26 Å². The van der Waals surface area contributed by atoms with Crippen molar-refractivity contribution in [1.82, 2.24) is 0 Å². The van der Waals surface area contributed by atoms with Crippen LogP contribution in [0, 0.1) is 35.4 Å². The molecule has 3 heteroatoms. The van der Waals surface area contributed by atoms with E-state index < -0.39 is 0 Å². The number of rotatable bonds is 3. The fourth-order valence-corrected chi connectivity index (χ4v) is 1.77. The van der Waals surface area contributed by atoms with E-state index in [1.165, 1.54) is 12.1 Å². The Bertz CT molecular complexity index is 434. The van der Waals surface area contributed by atoms with E-state index in [4.69, 9.17) is 0 Å². The van der Waals surface area contributed by atoms with Crippen LogP contribution in [-0.2, 0) is 0 Å². The summed E-state index contributed by atoms with van der Waals surface area (Å²) in [7, 11) is 0. The van der Waals surface area contributed by atoms with Crippen molar-refractivity contribution >= 4 is 5.69 Å². The van der Waals surface area contributed by atoms with Crippen molar-refractivity contribution in [3.63, 3.8) is 0 Å². The molecule has 1 aromatic carbocycles. The minimum Gasteiger partial charge on any atom is -0.370 e. The third-order valence-electron chi connectivity index (χ3n) is 3.37. The fourth-order valence-electron chi connectivity index (χ4n) is 1.77. The molecular formula is C15H21FN2. The van der Waals surface area contributed by atoms with Gasteiger partial charge in [-0.15, -0.1) is 0 Å². The van der Waals surface area contributed by atoms with Crippen LogP contribution < -0.4 is 5.32 Å². The molecule has 1 aromatic rings. The first-order valence-corrected chi connectivity index (χ1v) is 6.17. The van der Waals surface area contributed by atoms with Gasteiger partial charge in [0.15, 0.2) is 0 Å². The summed E-state index contributed by atoms with van der Waals surface area (Å²) >= 11 is 0. The number of nitriles is 1. The molecule has 0 aliphatic carbocycles. The molecule has 0 bridgehead atoms. The molecule has 2 unspecified atom stereocenters. The van der Waals surface area contributed by atoms with Crippen molar-refractivity contribution in [2.75, 3.05) is 5.32 Å². The van der Waals surface area contributed by atoms with Gasteiger partial charge in [0, 0.05) is 5.69 Å². The minimum atomic E-state index is -0.328. The predicted molar refractivity (Wildman–Crippen MR) is 72.8 cm³/mol. The van der Waals surface area contributed by atoms with Crippen molar-refractivity contribution in [2.24, 2.45) is 11.3 Å². The number of nitrogens with zero attached hydrogens (tertiary/aromatic N) is 1. The third kappa shape index (κ3) is 3.73. The summed E-state index contributed by atoms with van der Waals surface area (Å²) in [5.41, 5.74) is 1.53. The van der Waals surface area contributed by atoms with E-state index in [9.17, 15) is 9.65 Å². The first kappa shape index (κ1) is 14.5. The highest BCUT2D eigenvalue weighted by atomic mass is 19.1. The molecule has 1 N–H and O–H groups in total. The van der Waals surface area contributed by atoms with Gasteiger partial charge in [0.1, 0.15) is 11.9 Å². The molecule has 0 aromatic heterocycles. The van der Waals surface area contributed by atoms with Gasteiger partial charge in [0.05, 0.1) is 6.07 Å². The Morgan fingerprint density at radius 2 is 1.89 bits per heavy atom. The second-order valence-corrected chi connectivity index (χ2v) is 5.92. The highest BCUT2D eigenvalue weighted by Crippen LogP contribution is 2.29. The molecule has 2 nitrogen and oxygen atoms in total. The molecule has 0 aliphatic heterocycles. The zero-order chi connectivity index (χ0) is 13.9. The SMILES string of the molecule is Cc1cc(F)cc(NC(C#N)C(C)C(C)(C)C)c1. The molecule has 0 fully saturated rings. The van der Waals surface area contributed by atoms with E-state index in [0.717, 1.165) is 5.56 Å². The molecule has 0 amide bonds. The molecule has 98 valence electrons. The molecule has 0 aliphatic rings. The maximum Gasteiger partial charge on any atom is 0.125 e. The van der Waals surface area contributed by atoms with E-state index in [2.05, 4.69) is 32.2 Å². The van der Waals surface area contributed by atoms with Gasteiger partial charge in [-0.25, -0.2) is 4.39 Å². The molecule has 0 saturated carbocycles. The molecule has 18 heavy (non-hydrogen) atoms. The second kappa shape index (κ2) is 5.39. The van der Waals surface area contributed by atoms with Gasteiger partial charge < -0.3 is 5.32 Å². The van der Waals surface area contributed by atoms with Crippen molar-refractivity contribution in [1.29, 1.82) is 5.26 Å². The van der Waals surface area contributed by atoms with Crippen molar-refractivity contribution in [2.45, 2.75) is 40.7 Å². The molecule has 2 atom stereocenters. The Labute approximate surface area is 109 Å². The lowest BCUT2D eigenvalue weighted by molar-refractivity contribution is 0.252. The van der Waals surface area contributed by atoms with E-state index >= 15 is 0 Å². The summed E-state index contributed by atoms with van der Waals surface area (Å²) in [6, 6.07) is 6.68. The lowest BCUT2D eigenvalue weighted by atomic mass is 9.78. The van der Waals surface area contributed by atoms with Crippen LogP contribution in [-0.4, -0.2) is 6.04 Å². The Hall–Kier alpha value is -1.56. The normalized spacial score (nSPS) is 14.7. The van der Waals surface area contributed by atoms with Crippen molar-refractivity contribution in [3.05, 3.63) is 29.6 Å². The first-order chi connectivity index (χ1) is 8.24. The lowest BCUT2D eigenvalue weighted by Gasteiger charge is -2.31. The van der Waals surface area contributed by atoms with Gasteiger partial charge in [-0.1, -0.05) is 27.7 Å². The summed E-state index contributed by atoms with van der Waals surface area (Å²) in [6.07, 6.45) is 0. The standard InChI is InChI=1S/C15H21FN2/c1-10-6-12(16)8-13(7-10)18-14(9-17)11(2)15(3,4)5/h6-8,11,14,18H,1-5H3. The van der Waals surface area contributed by atoms with Gasteiger partial charge in [-0.05, 0) is 42.0 Å². The van der Waals surface area contributed by atoms with Crippen LogP contribution in [0.1, 0.15) is 33.3 Å². The highest BCUT2D eigenvalue weighted by molar-refractivity contribution is 5.48. The summed E-state index contributed by atoms with van der Waals surface area (Å²) in [5.74, 6) is -0.122. The van der Waals surface area contributed by atoms with Crippen LogP contribution in [0.25, 0.3) is 0 Å². The fraction of sp³-hybridized carbons (Fsp3) is 0.533. The Balaban J connectivity index is 2.90. The van der Waals surface area contributed by atoms with Crippen LogP contribution in [0.2, 0.25) is 0 Å². The predicted octanol–water partition coefficient (Wildman–Crippen LogP) is 4.12. The maximum absolute atomic E-state index is 13.3. The molecule has 1 rings (SSSR count). The molecule has 0 heterocycles. The monoisotopic (exact) mass is 248 g/mol. The van der Waals surface area contributed by atoms with Crippen LogP contribution in [0.3, 0.4) is 0 Å². The minimum absolute atomic E-state index is 0.0236. The Kier molecular flexibility index (Phi) is 4.34. The number of aryl methyl sites for hydroxylation is 1. The van der Waals surface area contributed by atoms with E-state index in [-0.39, 0.29) is 23.2 Å². The lowest BCUT2D eigenvalue weighted by Crippen LogP contribution is -2.34. The van der Waals surface area contributed by atoms with Crippen molar-refractivity contribution < 1.29 is 4.39 Å². The average molecular weight is 248 g/mol. The maximum atomic E-state index is 13.3. The molecule has 0 radical (unpaired) electrons. The van der Waals surface area contributed by atoms with E-state index in [0.29, 0.717) is 5.69 Å². The topological polar surface area (TPSA) is 35.8 Å². The van der Waals surface area contributed by atoms with Crippen LogP contribution in [0.15, 0.2) is 18.2 Å². The third-order valence-corrected chi connectivity index (χ3v) is 3.37. The van der Waals surface area contributed by atoms with Gasteiger partial charge in [0.25, 0.3) is 0 Å². The van der Waals surface area contributed by atoms with Gasteiger partial charge in [-0.3, -0.25) is 0 Å². The number of anilines is 1. The molecule has 0 spiro atoms. The van der Waals surface area contributed by atoms with Crippen molar-refractivity contribution in [3.8, 4) is 6.07 Å². The van der Waals surface area contributed by atoms with Gasteiger partial charge in [0.2, 0.25) is 0 Å². The quantitative estimate of drug-likeness (QED) is 0.873. The van der Waals surface area contributed by atoms with Crippen LogP contribution in [0.5, 0.6) is 0 Å². The van der Waals surface area contributed by atoms with E-state index in [1.54, 1.807) is 0 Å². The number of nitrogens with one attached hydrogen (secondary N) is 1. The Morgan fingerprint density at radius 3 is 2.33 bits per heavy atom. The van der Waals surface area contributed by atoms with Crippen LogP contribution in [0.4, 0.5) is 10.1 Å². The first-order valence-electron chi connectivity index (χ1n) is 6.17. The highest BCUT2D eigenvalue weighted by Gasteiger charge is 2.28. The zero-order valence-corrected chi connectivity index (χ0v) is 11.7. The summed E-state index contributed by atoms with van der Waals surface area (Å²) in [4.78, 5) is 0. The van der Waals surface area contributed by atoms with E-state index in [1.807, 2.05) is 19.9 Å². The number of hydrogen-bond acceptors (Lipinski definition) is 2. The molecule has 0 saturated heterocycles. The number of hydrogen-bond donors (Lipinski definition) is 1. The summed E-state index contributed by atoms with van der Waals surface area (Å²) < 4.78 is 13.3. The smallest absolute Gasteiger partial charge is 0.125 e. The second-order valence-electron chi connectivity index (χ2n) is 5.92. The summed E-state index contributed by atoms with van der Waals surface area (Å²) in [5, 5.41) is 12.4. The van der Waals surface area contributed by atoms with Crippen LogP contribution >= 0.6 is 0 Å². The number of halogens is 1. The molecular weight excluding hydrogens is 227 g/mol. The zero-order valence-electron chi connectivity index (χ0n) is 11.7. The van der Waals surface area contributed by atoms with Gasteiger partial charge >= 0.3 is 0 Å². The number of benzene rings is 1. The largest absolute Gasteiger partial charge is 0.370 e. The average Bonchev–Trinajstić information content (AvgIpc) is 2.22. The summed E-state index contributed by atoms with van der Waals surface area (Å²) in [6.45, 7) is 10.2. The Morgan fingerprint density at radius 1 is 1.28 bits per heavy atom.